The summed E-state index contributed by atoms with van der Waals surface area (Å²) in [5.74, 6) is 0.517. The van der Waals surface area contributed by atoms with Crippen LogP contribution in [0.4, 0.5) is 0 Å². The Bertz CT molecular complexity index is 456. The molecule has 4 bridgehead atoms. The van der Waals surface area contributed by atoms with E-state index in [0.717, 1.165) is 4.48 Å². The van der Waals surface area contributed by atoms with Crippen molar-refractivity contribution < 1.29 is 14.3 Å². The van der Waals surface area contributed by atoms with Gasteiger partial charge in [0.05, 0.1) is 22.8 Å². The number of carbonyl (C=O) groups excluding carboxylic acids is 1. The van der Waals surface area contributed by atoms with Gasteiger partial charge in [0.25, 0.3) is 0 Å². The summed E-state index contributed by atoms with van der Waals surface area (Å²) in [6.07, 6.45) is 3.98. The van der Waals surface area contributed by atoms with Crippen molar-refractivity contribution in [2.24, 2.45) is 11.8 Å². The summed E-state index contributed by atoms with van der Waals surface area (Å²) in [6, 6.07) is 0. The standard InChI is InChI=1S/C11H8Br2O3/c12-7-8(13)10-5-3-1-2-4(15-3)6(5)11(16-10)9(7)14/h1-6,10-11H/t3-,4+,5+,6-,10+,11-/m1/s1. The van der Waals surface area contributed by atoms with Crippen LogP contribution in [0.1, 0.15) is 0 Å². The molecule has 0 unspecified atom stereocenters. The zero-order valence-electron chi connectivity index (χ0n) is 8.10. The first-order valence-electron chi connectivity index (χ1n) is 5.27. The van der Waals surface area contributed by atoms with Crippen LogP contribution in [0.25, 0.3) is 0 Å². The zero-order valence-corrected chi connectivity index (χ0v) is 11.3. The molecule has 5 heteroatoms. The van der Waals surface area contributed by atoms with Gasteiger partial charge in [-0.3, -0.25) is 4.79 Å². The van der Waals surface area contributed by atoms with Crippen LogP contribution in [0.15, 0.2) is 21.1 Å². The molecule has 0 aromatic rings. The molecule has 2 fully saturated rings. The average molecular weight is 348 g/mol. The highest BCUT2D eigenvalue weighted by Gasteiger charge is 2.62. The van der Waals surface area contributed by atoms with E-state index in [0.29, 0.717) is 4.48 Å². The van der Waals surface area contributed by atoms with Crippen LogP contribution in [0, 0.1) is 11.8 Å². The Morgan fingerprint density at radius 3 is 2.31 bits per heavy atom. The van der Waals surface area contributed by atoms with E-state index in [1.165, 1.54) is 0 Å². The third-order valence-corrected chi connectivity index (χ3v) is 6.13. The molecule has 0 aromatic heterocycles. The molecule has 0 aliphatic carbocycles. The molecule has 0 N–H and O–H groups in total. The molecule has 6 atom stereocenters. The number of hydrogen-bond donors (Lipinski definition) is 0. The maximum absolute atomic E-state index is 12.1. The molecule has 4 aliphatic heterocycles. The number of rotatable bonds is 0. The quantitative estimate of drug-likeness (QED) is 0.628. The Kier molecular flexibility index (Phi) is 1.92. The largest absolute Gasteiger partial charge is 0.366 e. The van der Waals surface area contributed by atoms with Crippen molar-refractivity contribution in [3.8, 4) is 0 Å². The van der Waals surface area contributed by atoms with Gasteiger partial charge >= 0.3 is 0 Å². The summed E-state index contributed by atoms with van der Waals surface area (Å²) < 4.78 is 13.1. The highest BCUT2D eigenvalue weighted by Crippen LogP contribution is 2.55. The van der Waals surface area contributed by atoms with Crippen molar-refractivity contribution in [3.63, 3.8) is 0 Å². The summed E-state index contributed by atoms with van der Waals surface area (Å²) in [4.78, 5) is 12.1. The lowest BCUT2D eigenvalue weighted by molar-refractivity contribution is -0.129. The van der Waals surface area contributed by atoms with Gasteiger partial charge in [-0.15, -0.1) is 0 Å². The van der Waals surface area contributed by atoms with Gasteiger partial charge < -0.3 is 9.47 Å². The molecule has 0 radical (unpaired) electrons. The van der Waals surface area contributed by atoms with Gasteiger partial charge in [-0.25, -0.2) is 0 Å². The van der Waals surface area contributed by atoms with Gasteiger partial charge in [0, 0.05) is 16.3 Å². The van der Waals surface area contributed by atoms with Crippen molar-refractivity contribution >= 4 is 37.6 Å². The predicted octanol–water partition coefficient (Wildman–Crippen LogP) is 1.91. The van der Waals surface area contributed by atoms with Crippen LogP contribution in [-0.4, -0.2) is 30.2 Å². The third kappa shape index (κ3) is 0.991. The molecular weight excluding hydrogens is 340 g/mol. The average Bonchev–Trinajstić information content (AvgIpc) is 2.93. The molecule has 4 rings (SSSR count). The second-order valence-corrected chi connectivity index (χ2v) is 6.26. The molecule has 4 aliphatic rings. The number of ketones is 1. The summed E-state index contributed by atoms with van der Waals surface area (Å²) in [5.41, 5.74) is 0. The second kappa shape index (κ2) is 3.07. The van der Waals surface area contributed by atoms with E-state index in [2.05, 4.69) is 44.0 Å². The SMILES string of the molecule is O=C1C(Br)=C(Br)[C@H]2O[C@@H]1[C@H]1[C@@H]2[C@H]2C=C[C@@H]1O2. The van der Waals surface area contributed by atoms with Crippen LogP contribution < -0.4 is 0 Å². The monoisotopic (exact) mass is 346 g/mol. The van der Waals surface area contributed by atoms with Crippen LogP contribution in [0.2, 0.25) is 0 Å². The van der Waals surface area contributed by atoms with Crippen LogP contribution >= 0.6 is 31.9 Å². The first-order valence-corrected chi connectivity index (χ1v) is 6.85. The normalized spacial score (nSPS) is 52.8. The van der Waals surface area contributed by atoms with E-state index in [1.54, 1.807) is 0 Å². The Hall–Kier alpha value is 0.0300. The molecule has 0 amide bonds. The zero-order chi connectivity index (χ0) is 11.0. The van der Waals surface area contributed by atoms with Crippen molar-refractivity contribution in [1.29, 1.82) is 0 Å². The van der Waals surface area contributed by atoms with Crippen molar-refractivity contribution in [1.82, 2.24) is 0 Å². The lowest BCUT2D eigenvalue weighted by atomic mass is 9.80. The lowest BCUT2D eigenvalue weighted by Crippen LogP contribution is -2.34. The second-order valence-electron chi connectivity index (χ2n) is 4.61. The van der Waals surface area contributed by atoms with Gasteiger partial charge in [0.1, 0.15) is 6.10 Å². The summed E-state index contributed by atoms with van der Waals surface area (Å²) in [7, 11) is 0. The molecule has 84 valence electrons. The number of halogens is 2. The van der Waals surface area contributed by atoms with Gasteiger partial charge in [0.15, 0.2) is 5.78 Å². The first-order chi connectivity index (χ1) is 7.68. The Labute approximate surface area is 109 Å². The fourth-order valence-electron chi connectivity index (χ4n) is 3.29. The minimum atomic E-state index is -0.328. The number of hydrogen-bond acceptors (Lipinski definition) is 3. The van der Waals surface area contributed by atoms with E-state index in [-0.39, 0.29) is 42.0 Å². The van der Waals surface area contributed by atoms with E-state index < -0.39 is 0 Å². The molecule has 0 saturated carbocycles. The Morgan fingerprint density at radius 2 is 1.62 bits per heavy atom. The minimum absolute atomic E-state index is 0.0259. The molecule has 0 spiro atoms. The fourth-order valence-corrected chi connectivity index (χ4v) is 4.35. The van der Waals surface area contributed by atoms with E-state index in [4.69, 9.17) is 9.47 Å². The topological polar surface area (TPSA) is 35.5 Å². The number of ether oxygens (including phenoxy) is 2. The maximum Gasteiger partial charge on any atom is 0.199 e. The molecule has 2 saturated heterocycles. The lowest BCUT2D eigenvalue weighted by Gasteiger charge is -2.24. The first kappa shape index (κ1) is 10.00. The summed E-state index contributed by atoms with van der Waals surface area (Å²) >= 11 is 6.81. The van der Waals surface area contributed by atoms with Gasteiger partial charge in [0.2, 0.25) is 0 Å². The minimum Gasteiger partial charge on any atom is -0.366 e. The molecule has 3 nitrogen and oxygen atoms in total. The van der Waals surface area contributed by atoms with E-state index >= 15 is 0 Å². The Morgan fingerprint density at radius 1 is 1.00 bits per heavy atom. The van der Waals surface area contributed by atoms with Gasteiger partial charge in [-0.05, 0) is 15.9 Å². The maximum atomic E-state index is 12.1. The number of carbonyl (C=O) groups is 1. The smallest absolute Gasteiger partial charge is 0.199 e. The number of Topliss-reactive ketones (excluding diaryl/α,β-unsaturated/α-hetero) is 1. The van der Waals surface area contributed by atoms with E-state index in [1.807, 2.05) is 0 Å². The van der Waals surface area contributed by atoms with Crippen molar-refractivity contribution in [2.75, 3.05) is 0 Å². The number of fused-ring (bicyclic) bond motifs is 9. The molecular formula is C11H8Br2O3. The predicted molar refractivity (Wildman–Crippen MR) is 63.3 cm³/mol. The molecule has 16 heavy (non-hydrogen) atoms. The van der Waals surface area contributed by atoms with Crippen molar-refractivity contribution in [2.45, 2.75) is 24.4 Å². The van der Waals surface area contributed by atoms with E-state index in [9.17, 15) is 4.79 Å². The third-order valence-electron chi connectivity index (χ3n) is 3.93. The summed E-state index contributed by atoms with van der Waals surface area (Å²) in [5, 5.41) is 0. The molecule has 0 aromatic carbocycles. The van der Waals surface area contributed by atoms with Crippen LogP contribution in [-0.2, 0) is 14.3 Å². The molecule has 4 heterocycles. The fraction of sp³-hybridized carbons (Fsp3) is 0.545. The van der Waals surface area contributed by atoms with Crippen molar-refractivity contribution in [3.05, 3.63) is 21.1 Å². The van der Waals surface area contributed by atoms with Crippen LogP contribution in [0.3, 0.4) is 0 Å². The van der Waals surface area contributed by atoms with Crippen LogP contribution in [0.5, 0.6) is 0 Å². The Balaban J connectivity index is 1.86. The highest BCUT2D eigenvalue weighted by molar-refractivity contribution is 9.14. The summed E-state index contributed by atoms with van der Waals surface area (Å²) in [6.45, 7) is 0. The van der Waals surface area contributed by atoms with Gasteiger partial charge in [-0.1, -0.05) is 28.1 Å². The van der Waals surface area contributed by atoms with Gasteiger partial charge in [-0.2, -0.15) is 0 Å². The highest BCUT2D eigenvalue weighted by atomic mass is 79.9.